The predicted octanol–water partition coefficient (Wildman–Crippen LogP) is 1.89. The number of aliphatic carboxylic acids is 1. The van der Waals surface area contributed by atoms with Gasteiger partial charge in [0.25, 0.3) is 0 Å². The number of urea groups is 1. The number of carboxylic acid groups (broad SMARTS) is 1. The van der Waals surface area contributed by atoms with Crippen molar-refractivity contribution in [2.45, 2.75) is 52.4 Å². The summed E-state index contributed by atoms with van der Waals surface area (Å²) in [7, 11) is 0. The summed E-state index contributed by atoms with van der Waals surface area (Å²) < 4.78 is 0. The lowest BCUT2D eigenvalue weighted by molar-refractivity contribution is -0.149. The number of carbonyl (C=O) groups excluding carboxylic acids is 2. The third kappa shape index (κ3) is 5.59. The van der Waals surface area contributed by atoms with Gasteiger partial charge in [-0.25, -0.2) is 4.79 Å². The molecule has 0 saturated heterocycles. The zero-order valence-corrected chi connectivity index (χ0v) is 12.2. The van der Waals surface area contributed by atoms with E-state index in [1.807, 2.05) is 0 Å². The van der Waals surface area contributed by atoms with Crippen LogP contribution in [0.2, 0.25) is 0 Å². The van der Waals surface area contributed by atoms with E-state index in [0.29, 0.717) is 12.5 Å². The molecule has 1 aliphatic carbocycles. The lowest BCUT2D eigenvalue weighted by atomic mass is 9.89. The van der Waals surface area contributed by atoms with Crippen molar-refractivity contribution >= 4 is 17.9 Å². The maximum absolute atomic E-state index is 11.6. The highest BCUT2D eigenvalue weighted by molar-refractivity contribution is 5.96. The molecule has 1 fully saturated rings. The first-order chi connectivity index (χ1) is 9.31. The highest BCUT2D eigenvalue weighted by Crippen LogP contribution is 2.22. The quantitative estimate of drug-likeness (QED) is 0.718. The van der Waals surface area contributed by atoms with E-state index in [2.05, 4.69) is 10.6 Å². The number of carbonyl (C=O) groups is 3. The molecule has 20 heavy (non-hydrogen) atoms. The van der Waals surface area contributed by atoms with Crippen LogP contribution in [-0.4, -0.2) is 29.6 Å². The fourth-order valence-corrected chi connectivity index (χ4v) is 2.32. The van der Waals surface area contributed by atoms with Crippen LogP contribution in [0.15, 0.2) is 0 Å². The SMILES string of the molecule is CC(C)(CC(=O)NC(=O)NCC1CCCCC1)C(=O)O. The van der Waals surface area contributed by atoms with Crippen LogP contribution in [0.3, 0.4) is 0 Å². The lowest BCUT2D eigenvalue weighted by Crippen LogP contribution is -2.43. The maximum atomic E-state index is 11.6. The van der Waals surface area contributed by atoms with Gasteiger partial charge in [-0.15, -0.1) is 0 Å². The second kappa shape index (κ2) is 7.26. The van der Waals surface area contributed by atoms with Gasteiger partial charge in [-0.1, -0.05) is 19.3 Å². The van der Waals surface area contributed by atoms with Crippen molar-refractivity contribution in [3.63, 3.8) is 0 Å². The van der Waals surface area contributed by atoms with Crippen LogP contribution in [0.1, 0.15) is 52.4 Å². The summed E-state index contributed by atoms with van der Waals surface area (Å²) in [5, 5.41) is 13.8. The van der Waals surface area contributed by atoms with Crippen molar-refractivity contribution in [2.24, 2.45) is 11.3 Å². The van der Waals surface area contributed by atoms with E-state index in [9.17, 15) is 14.4 Å². The fraction of sp³-hybridized carbons (Fsp3) is 0.786. The van der Waals surface area contributed by atoms with Gasteiger partial charge in [0.1, 0.15) is 0 Å². The van der Waals surface area contributed by atoms with Crippen LogP contribution in [-0.2, 0) is 9.59 Å². The molecule has 3 N–H and O–H groups in total. The Balaban J connectivity index is 2.27. The summed E-state index contributed by atoms with van der Waals surface area (Å²) in [4.78, 5) is 34.0. The van der Waals surface area contributed by atoms with E-state index < -0.39 is 23.3 Å². The van der Waals surface area contributed by atoms with Crippen molar-refractivity contribution in [1.29, 1.82) is 0 Å². The lowest BCUT2D eigenvalue weighted by Gasteiger charge is -2.22. The van der Waals surface area contributed by atoms with Crippen LogP contribution in [0.5, 0.6) is 0 Å². The van der Waals surface area contributed by atoms with E-state index in [4.69, 9.17) is 5.11 Å². The molecule has 6 heteroatoms. The zero-order valence-electron chi connectivity index (χ0n) is 12.2. The zero-order chi connectivity index (χ0) is 15.2. The summed E-state index contributed by atoms with van der Waals surface area (Å²) >= 11 is 0. The van der Waals surface area contributed by atoms with Crippen molar-refractivity contribution < 1.29 is 19.5 Å². The molecule has 1 saturated carbocycles. The minimum atomic E-state index is -1.17. The molecule has 6 nitrogen and oxygen atoms in total. The first-order valence-electron chi connectivity index (χ1n) is 7.12. The Kier molecular flexibility index (Phi) is 5.98. The molecule has 1 rings (SSSR count). The highest BCUT2D eigenvalue weighted by atomic mass is 16.4. The molecule has 0 aromatic heterocycles. The van der Waals surface area contributed by atoms with Crippen LogP contribution >= 0.6 is 0 Å². The Morgan fingerprint density at radius 1 is 1.15 bits per heavy atom. The summed E-state index contributed by atoms with van der Waals surface area (Å²) in [5.41, 5.74) is -1.17. The van der Waals surface area contributed by atoms with Crippen molar-refractivity contribution in [3.8, 4) is 0 Å². The van der Waals surface area contributed by atoms with Gasteiger partial charge in [-0.05, 0) is 32.6 Å². The standard InChI is InChI=1S/C14H24N2O4/c1-14(2,12(18)19)8-11(17)16-13(20)15-9-10-6-4-3-5-7-10/h10H,3-9H2,1-2H3,(H,18,19)(H2,15,16,17,20). The molecule has 0 bridgehead atoms. The first kappa shape index (κ1) is 16.5. The molecular formula is C14H24N2O4. The Bertz CT molecular complexity index is 373. The fourth-order valence-electron chi connectivity index (χ4n) is 2.32. The topological polar surface area (TPSA) is 95.5 Å². The van der Waals surface area contributed by atoms with Gasteiger partial charge in [0.2, 0.25) is 5.91 Å². The van der Waals surface area contributed by atoms with Gasteiger partial charge in [-0.2, -0.15) is 0 Å². The normalized spacial score (nSPS) is 16.5. The average Bonchev–Trinajstić information content (AvgIpc) is 2.36. The minimum absolute atomic E-state index is 0.223. The molecule has 0 aliphatic heterocycles. The molecule has 0 radical (unpaired) electrons. The predicted molar refractivity (Wildman–Crippen MR) is 74.2 cm³/mol. The monoisotopic (exact) mass is 284 g/mol. The van der Waals surface area contributed by atoms with E-state index >= 15 is 0 Å². The third-order valence-corrected chi connectivity index (χ3v) is 3.71. The molecule has 0 aromatic rings. The molecule has 0 heterocycles. The summed E-state index contributed by atoms with van der Waals surface area (Å²) in [6.07, 6.45) is 5.64. The van der Waals surface area contributed by atoms with E-state index in [1.54, 1.807) is 0 Å². The number of hydrogen-bond donors (Lipinski definition) is 3. The minimum Gasteiger partial charge on any atom is -0.481 e. The largest absolute Gasteiger partial charge is 0.481 e. The number of hydrogen-bond acceptors (Lipinski definition) is 3. The molecule has 3 amide bonds. The smallest absolute Gasteiger partial charge is 0.321 e. The molecule has 0 atom stereocenters. The average molecular weight is 284 g/mol. The van der Waals surface area contributed by atoms with Gasteiger partial charge in [-0.3, -0.25) is 14.9 Å². The molecule has 0 spiro atoms. The Morgan fingerprint density at radius 2 is 1.75 bits per heavy atom. The van der Waals surface area contributed by atoms with Crippen LogP contribution in [0, 0.1) is 11.3 Å². The molecule has 114 valence electrons. The number of rotatable bonds is 5. The third-order valence-electron chi connectivity index (χ3n) is 3.71. The molecule has 1 aliphatic rings. The maximum Gasteiger partial charge on any atom is 0.321 e. The van der Waals surface area contributed by atoms with Crippen molar-refractivity contribution in [1.82, 2.24) is 10.6 Å². The van der Waals surface area contributed by atoms with Gasteiger partial charge in [0.15, 0.2) is 0 Å². The number of carboxylic acids is 1. The van der Waals surface area contributed by atoms with Crippen molar-refractivity contribution in [3.05, 3.63) is 0 Å². The summed E-state index contributed by atoms with van der Waals surface area (Å²) in [6, 6.07) is -0.540. The summed E-state index contributed by atoms with van der Waals surface area (Å²) in [5.74, 6) is -1.14. The number of amides is 3. The highest BCUT2D eigenvalue weighted by Gasteiger charge is 2.30. The van der Waals surface area contributed by atoms with Crippen LogP contribution < -0.4 is 10.6 Å². The number of nitrogens with one attached hydrogen (secondary N) is 2. The van der Waals surface area contributed by atoms with Gasteiger partial charge < -0.3 is 10.4 Å². The van der Waals surface area contributed by atoms with Gasteiger partial charge in [0.05, 0.1) is 5.41 Å². The Labute approximate surface area is 119 Å². The molecule has 0 aromatic carbocycles. The van der Waals surface area contributed by atoms with Crippen LogP contribution in [0.25, 0.3) is 0 Å². The Morgan fingerprint density at radius 3 is 2.30 bits per heavy atom. The van der Waals surface area contributed by atoms with Crippen molar-refractivity contribution in [2.75, 3.05) is 6.54 Å². The van der Waals surface area contributed by atoms with Crippen LogP contribution in [0.4, 0.5) is 4.79 Å². The van der Waals surface area contributed by atoms with Gasteiger partial charge in [0, 0.05) is 13.0 Å². The summed E-state index contributed by atoms with van der Waals surface area (Å²) in [6.45, 7) is 3.48. The molecule has 0 unspecified atom stereocenters. The second-order valence-corrected chi connectivity index (χ2v) is 6.13. The second-order valence-electron chi connectivity index (χ2n) is 6.13. The van der Waals surface area contributed by atoms with Gasteiger partial charge >= 0.3 is 12.0 Å². The Hall–Kier alpha value is -1.59. The number of imide groups is 1. The van der Waals surface area contributed by atoms with E-state index in [0.717, 1.165) is 12.8 Å². The molecular weight excluding hydrogens is 260 g/mol. The van der Waals surface area contributed by atoms with E-state index in [-0.39, 0.29) is 6.42 Å². The first-order valence-corrected chi connectivity index (χ1v) is 7.12. The van der Waals surface area contributed by atoms with E-state index in [1.165, 1.54) is 33.1 Å².